The number of benzene rings is 1. The van der Waals surface area contributed by atoms with Crippen molar-refractivity contribution >= 4 is 11.9 Å². The second-order valence-corrected chi connectivity index (χ2v) is 6.31. The molecular weight excluding hydrogens is 344 g/mol. The average Bonchev–Trinajstić information content (AvgIpc) is 2.73. The zero-order chi connectivity index (χ0) is 18.9. The number of hydrogen-bond acceptors (Lipinski definition) is 4. The minimum Gasteiger partial charge on any atom is -0.484 e. The minimum atomic E-state index is -0.0864. The predicted octanol–water partition coefficient (Wildman–Crippen LogP) is 1.56. The number of nitrogens with one attached hydrogen (secondary N) is 1. The Morgan fingerprint density at radius 2 is 1.63 bits per heavy atom. The standard InChI is InChI=1S/C20H24N4O3/c25-19(16-27-18-4-2-1-3-5-18)23-12-14-24(15-13-23)20(26)22-11-8-17-6-9-21-10-7-17/h1-7,9-10H,8,11-16H2,(H,22,26). The number of carbonyl (C=O) groups is 2. The summed E-state index contributed by atoms with van der Waals surface area (Å²) in [5.74, 6) is 0.620. The van der Waals surface area contributed by atoms with E-state index < -0.39 is 0 Å². The van der Waals surface area contributed by atoms with E-state index in [0.717, 1.165) is 12.0 Å². The fourth-order valence-electron chi connectivity index (χ4n) is 2.89. The van der Waals surface area contributed by atoms with E-state index in [9.17, 15) is 9.59 Å². The summed E-state index contributed by atoms with van der Waals surface area (Å²) in [6.45, 7) is 2.69. The molecule has 1 N–H and O–H groups in total. The molecule has 0 aliphatic carbocycles. The van der Waals surface area contributed by atoms with E-state index in [1.54, 1.807) is 22.2 Å². The number of pyridine rings is 1. The molecule has 3 amide bonds. The van der Waals surface area contributed by atoms with Crippen molar-refractivity contribution in [2.75, 3.05) is 39.3 Å². The van der Waals surface area contributed by atoms with Crippen molar-refractivity contribution in [3.8, 4) is 5.75 Å². The topological polar surface area (TPSA) is 74.8 Å². The zero-order valence-corrected chi connectivity index (χ0v) is 15.2. The molecule has 2 aromatic rings. The normalized spacial score (nSPS) is 13.9. The highest BCUT2D eigenvalue weighted by Crippen LogP contribution is 2.09. The van der Waals surface area contributed by atoms with Crippen LogP contribution in [0.3, 0.4) is 0 Å². The van der Waals surface area contributed by atoms with Gasteiger partial charge in [0, 0.05) is 45.1 Å². The fourth-order valence-corrected chi connectivity index (χ4v) is 2.89. The van der Waals surface area contributed by atoms with Gasteiger partial charge in [-0.25, -0.2) is 4.79 Å². The molecule has 1 aliphatic heterocycles. The largest absolute Gasteiger partial charge is 0.484 e. The quantitative estimate of drug-likeness (QED) is 0.840. The third kappa shape index (κ3) is 5.70. The van der Waals surface area contributed by atoms with Crippen LogP contribution in [0.25, 0.3) is 0 Å². The van der Waals surface area contributed by atoms with Crippen molar-refractivity contribution in [1.82, 2.24) is 20.1 Å². The van der Waals surface area contributed by atoms with Gasteiger partial charge in [0.2, 0.25) is 0 Å². The Morgan fingerprint density at radius 1 is 0.963 bits per heavy atom. The van der Waals surface area contributed by atoms with Crippen LogP contribution in [0.4, 0.5) is 4.79 Å². The highest BCUT2D eigenvalue weighted by atomic mass is 16.5. The summed E-state index contributed by atoms with van der Waals surface area (Å²) < 4.78 is 5.50. The van der Waals surface area contributed by atoms with Crippen molar-refractivity contribution < 1.29 is 14.3 Å². The van der Waals surface area contributed by atoms with Crippen molar-refractivity contribution in [2.24, 2.45) is 0 Å². The van der Waals surface area contributed by atoms with Crippen LogP contribution in [0.2, 0.25) is 0 Å². The molecule has 0 atom stereocenters. The van der Waals surface area contributed by atoms with E-state index in [4.69, 9.17) is 4.74 Å². The maximum Gasteiger partial charge on any atom is 0.317 e. The van der Waals surface area contributed by atoms with Gasteiger partial charge in [-0.15, -0.1) is 0 Å². The molecule has 0 bridgehead atoms. The monoisotopic (exact) mass is 368 g/mol. The van der Waals surface area contributed by atoms with E-state index in [0.29, 0.717) is 38.5 Å². The van der Waals surface area contributed by atoms with E-state index >= 15 is 0 Å². The van der Waals surface area contributed by atoms with Crippen molar-refractivity contribution in [3.63, 3.8) is 0 Å². The number of urea groups is 1. The lowest BCUT2D eigenvalue weighted by Gasteiger charge is -2.34. The molecule has 27 heavy (non-hydrogen) atoms. The summed E-state index contributed by atoms with van der Waals surface area (Å²) in [5.41, 5.74) is 1.14. The lowest BCUT2D eigenvalue weighted by Crippen LogP contribution is -2.54. The van der Waals surface area contributed by atoms with Crippen LogP contribution in [-0.2, 0) is 11.2 Å². The van der Waals surface area contributed by atoms with Gasteiger partial charge in [-0.05, 0) is 36.2 Å². The fraction of sp³-hybridized carbons (Fsp3) is 0.350. The lowest BCUT2D eigenvalue weighted by molar-refractivity contribution is -0.134. The number of nitrogens with zero attached hydrogens (tertiary/aromatic N) is 3. The van der Waals surface area contributed by atoms with E-state index in [2.05, 4.69) is 10.3 Å². The van der Waals surface area contributed by atoms with Gasteiger partial charge in [0.1, 0.15) is 5.75 Å². The van der Waals surface area contributed by atoms with E-state index in [1.165, 1.54) is 0 Å². The second kappa shape index (κ2) is 9.56. The zero-order valence-electron chi connectivity index (χ0n) is 15.2. The molecule has 142 valence electrons. The Balaban J connectivity index is 1.35. The van der Waals surface area contributed by atoms with Gasteiger partial charge in [0.15, 0.2) is 6.61 Å². The second-order valence-electron chi connectivity index (χ2n) is 6.31. The summed E-state index contributed by atoms with van der Waals surface area (Å²) in [4.78, 5) is 32.0. The summed E-state index contributed by atoms with van der Waals surface area (Å²) in [6.07, 6.45) is 4.26. The first-order chi connectivity index (χ1) is 13.2. The first-order valence-electron chi connectivity index (χ1n) is 9.09. The van der Waals surface area contributed by atoms with Crippen LogP contribution in [0.1, 0.15) is 5.56 Å². The molecule has 2 heterocycles. The number of rotatable bonds is 6. The summed E-state index contributed by atoms with van der Waals surface area (Å²) in [6, 6.07) is 13.1. The molecule has 3 rings (SSSR count). The van der Waals surface area contributed by atoms with Gasteiger partial charge in [0.25, 0.3) is 5.91 Å². The molecule has 0 spiro atoms. The number of hydrogen-bond donors (Lipinski definition) is 1. The maximum absolute atomic E-state index is 12.3. The van der Waals surface area contributed by atoms with Gasteiger partial charge in [-0.3, -0.25) is 9.78 Å². The number of aromatic nitrogens is 1. The number of para-hydroxylation sites is 1. The molecule has 1 aromatic heterocycles. The van der Waals surface area contributed by atoms with Gasteiger partial charge in [-0.1, -0.05) is 18.2 Å². The number of carbonyl (C=O) groups excluding carboxylic acids is 2. The molecule has 7 heteroatoms. The Hall–Kier alpha value is -3.09. The first kappa shape index (κ1) is 18.7. The van der Waals surface area contributed by atoms with Crippen molar-refractivity contribution in [1.29, 1.82) is 0 Å². The van der Waals surface area contributed by atoms with E-state index in [-0.39, 0.29) is 18.5 Å². The molecule has 0 saturated carbocycles. The Bertz CT molecular complexity index is 731. The predicted molar refractivity (Wildman–Crippen MR) is 101 cm³/mol. The first-order valence-corrected chi connectivity index (χ1v) is 9.09. The van der Waals surface area contributed by atoms with Crippen LogP contribution in [0, 0.1) is 0 Å². The summed E-state index contributed by atoms with van der Waals surface area (Å²) in [7, 11) is 0. The van der Waals surface area contributed by atoms with Crippen LogP contribution in [0.5, 0.6) is 5.75 Å². The number of piperazine rings is 1. The third-order valence-corrected chi connectivity index (χ3v) is 4.46. The lowest BCUT2D eigenvalue weighted by atomic mass is 10.2. The Kier molecular flexibility index (Phi) is 6.62. The van der Waals surface area contributed by atoms with Crippen molar-refractivity contribution in [3.05, 3.63) is 60.4 Å². The number of ether oxygens (including phenoxy) is 1. The van der Waals surface area contributed by atoms with Gasteiger partial charge < -0.3 is 19.9 Å². The SMILES string of the molecule is O=C(COc1ccccc1)N1CCN(C(=O)NCCc2ccncc2)CC1. The van der Waals surface area contributed by atoms with Crippen LogP contribution in [0.15, 0.2) is 54.9 Å². The summed E-state index contributed by atoms with van der Waals surface area (Å²) >= 11 is 0. The van der Waals surface area contributed by atoms with Crippen LogP contribution < -0.4 is 10.1 Å². The summed E-state index contributed by atoms with van der Waals surface area (Å²) in [5, 5.41) is 2.93. The smallest absolute Gasteiger partial charge is 0.317 e. The maximum atomic E-state index is 12.3. The molecule has 7 nitrogen and oxygen atoms in total. The van der Waals surface area contributed by atoms with E-state index in [1.807, 2.05) is 42.5 Å². The Labute approximate surface area is 158 Å². The molecule has 1 aliphatic rings. The molecule has 0 unspecified atom stereocenters. The third-order valence-electron chi connectivity index (χ3n) is 4.46. The highest BCUT2D eigenvalue weighted by molar-refractivity contribution is 5.79. The number of amides is 3. The Morgan fingerprint density at radius 3 is 2.33 bits per heavy atom. The average molecular weight is 368 g/mol. The highest BCUT2D eigenvalue weighted by Gasteiger charge is 2.24. The molecule has 1 saturated heterocycles. The molecule has 0 radical (unpaired) electrons. The minimum absolute atomic E-state index is 0.0160. The molecule has 1 fully saturated rings. The van der Waals surface area contributed by atoms with Crippen LogP contribution in [-0.4, -0.2) is 66.1 Å². The molecular formula is C20H24N4O3. The van der Waals surface area contributed by atoms with Gasteiger partial charge >= 0.3 is 6.03 Å². The molecule has 1 aromatic carbocycles. The van der Waals surface area contributed by atoms with Gasteiger partial charge in [-0.2, -0.15) is 0 Å². The van der Waals surface area contributed by atoms with Crippen molar-refractivity contribution in [2.45, 2.75) is 6.42 Å². The van der Waals surface area contributed by atoms with Gasteiger partial charge in [0.05, 0.1) is 0 Å². The van der Waals surface area contributed by atoms with Crippen LogP contribution >= 0.6 is 0 Å².